The van der Waals surface area contributed by atoms with Gasteiger partial charge in [-0.1, -0.05) is 115 Å². The van der Waals surface area contributed by atoms with Gasteiger partial charge in [-0.05, 0) is 42.5 Å². The number of hydrogen-bond donors (Lipinski definition) is 0. The summed E-state index contributed by atoms with van der Waals surface area (Å²) in [5.74, 6) is -0.752. The van der Waals surface area contributed by atoms with Crippen LogP contribution in [0, 0.1) is 0 Å². The van der Waals surface area contributed by atoms with Crippen molar-refractivity contribution in [2.24, 2.45) is 0 Å². The van der Waals surface area contributed by atoms with E-state index in [0.29, 0.717) is 16.7 Å². The molecule has 11 aromatic rings. The lowest BCUT2D eigenvalue weighted by Crippen LogP contribution is -2.00. The van der Waals surface area contributed by atoms with Crippen molar-refractivity contribution in [1.82, 2.24) is 19.5 Å². The van der Waals surface area contributed by atoms with Gasteiger partial charge in [0.05, 0.1) is 35.8 Å². The molecule has 0 bridgehead atoms. The molecule has 0 saturated heterocycles. The summed E-state index contributed by atoms with van der Waals surface area (Å²) in [5.41, 5.74) is 4.96. The fourth-order valence-corrected chi connectivity index (χ4v) is 7.07. The zero-order chi connectivity index (χ0) is 42.2. The van der Waals surface area contributed by atoms with Crippen molar-refractivity contribution in [2.75, 3.05) is 0 Å². The number of furan rings is 2. The molecule has 11 rings (SSSR count). The number of hydrogen-bond acceptors (Lipinski definition) is 5. The van der Waals surface area contributed by atoms with E-state index in [2.05, 4.69) is 43.8 Å². The van der Waals surface area contributed by atoms with E-state index in [-0.39, 0.29) is 28.6 Å². The first-order valence-corrected chi connectivity index (χ1v) is 16.1. The fourth-order valence-electron chi connectivity index (χ4n) is 7.07. The second-order valence-corrected chi connectivity index (χ2v) is 12.1. The highest BCUT2D eigenvalue weighted by atomic mass is 16.3. The third-order valence-corrected chi connectivity index (χ3v) is 9.23. The molecule has 238 valence electrons. The van der Waals surface area contributed by atoms with E-state index in [4.69, 9.17) is 22.5 Å². The number of para-hydroxylation sites is 3. The third kappa shape index (κ3) is 4.20. The molecule has 0 saturated carbocycles. The molecule has 0 spiro atoms. The first-order chi connectivity index (χ1) is 29.4. The normalized spacial score (nSPS) is 14.7. The Morgan fingerprint density at radius 2 is 1.12 bits per heavy atom. The summed E-state index contributed by atoms with van der Waals surface area (Å²) in [5, 5.41) is 5.65. The van der Waals surface area contributed by atoms with Crippen molar-refractivity contribution in [1.29, 1.82) is 0 Å². The summed E-state index contributed by atoms with van der Waals surface area (Å²) in [4.78, 5) is 13.6. The van der Waals surface area contributed by atoms with Crippen molar-refractivity contribution in [3.8, 4) is 39.9 Å². The number of aromatic nitrogens is 4. The van der Waals surface area contributed by atoms with Gasteiger partial charge in [-0.25, -0.2) is 15.0 Å². The maximum atomic E-state index is 8.67. The highest BCUT2D eigenvalue weighted by Crippen LogP contribution is 2.43. The number of rotatable bonds is 4. The van der Waals surface area contributed by atoms with Crippen LogP contribution in [0.2, 0.25) is 0 Å². The molecular formula is C45H26N4O2. The van der Waals surface area contributed by atoms with E-state index in [1.54, 1.807) is 12.1 Å². The zero-order valence-electron chi connectivity index (χ0n) is 36.3. The molecule has 6 nitrogen and oxygen atoms in total. The molecule has 0 unspecified atom stereocenters. The molecule has 0 aliphatic carbocycles. The van der Waals surface area contributed by atoms with Gasteiger partial charge < -0.3 is 13.4 Å². The number of fused-ring (bicyclic) bond motifs is 10. The Labute approximate surface area is 304 Å². The lowest BCUT2D eigenvalue weighted by atomic mass is 10.1. The molecule has 0 atom stereocenters. The van der Waals surface area contributed by atoms with Crippen molar-refractivity contribution < 1.29 is 22.5 Å². The van der Waals surface area contributed by atoms with Crippen LogP contribution in [0.15, 0.2) is 166 Å². The lowest BCUT2D eigenvalue weighted by molar-refractivity contribution is 0.666. The Kier molecular flexibility index (Phi) is 4.17. The van der Waals surface area contributed by atoms with Gasteiger partial charge in [0.25, 0.3) is 0 Å². The summed E-state index contributed by atoms with van der Waals surface area (Å²) in [6, 6.07) is 25.4. The lowest BCUT2D eigenvalue weighted by Gasteiger charge is -2.09. The Bertz CT molecular complexity index is 3600. The molecule has 0 radical (unpaired) electrons. The molecule has 0 aliphatic heterocycles. The van der Waals surface area contributed by atoms with Gasteiger partial charge in [0.2, 0.25) is 0 Å². The zero-order valence-corrected chi connectivity index (χ0v) is 26.3. The van der Waals surface area contributed by atoms with E-state index in [1.165, 1.54) is 0 Å². The molecule has 4 aromatic heterocycles. The SMILES string of the molecule is [2H]c1c([2H])c([2H])c(-c2nc(-c3ccc4c(c3)oc3c(-n5c6ccccc6c6ccc7oc8ccccc8c7c65)cccc34)nc(-c3c([2H])c([2H])c([2H])c([2H])c3[2H])n2)c([2H])c1[2H]. The van der Waals surface area contributed by atoms with Crippen molar-refractivity contribution in [3.05, 3.63) is 157 Å². The van der Waals surface area contributed by atoms with Crippen molar-refractivity contribution >= 4 is 65.7 Å². The molecule has 0 fully saturated rings. The standard InChI is InChI=1S/C45H26N4O2/c1-3-12-27(13-4-1)43-46-44(28-14-5-2-6-15-28)48-45(47-43)29-22-23-31-33-18-11-20-36(42(33)51-39(31)26-29)49-35-19-9-7-16-30(35)32-24-25-38-40(41(32)49)34-17-8-10-21-37(34)50-38/h1-26H/i1D,2D,3D,4D,5D,6D,12D,13D,14D,15D. The van der Waals surface area contributed by atoms with Gasteiger partial charge in [0.1, 0.15) is 16.7 Å². The van der Waals surface area contributed by atoms with Crippen LogP contribution in [0.4, 0.5) is 0 Å². The molecular weight excluding hydrogens is 629 g/mol. The van der Waals surface area contributed by atoms with Crippen LogP contribution in [0.1, 0.15) is 13.7 Å². The van der Waals surface area contributed by atoms with Gasteiger partial charge in [-0.2, -0.15) is 0 Å². The molecule has 0 N–H and O–H groups in total. The Morgan fingerprint density at radius 3 is 1.88 bits per heavy atom. The molecule has 0 amide bonds. The predicted octanol–water partition coefficient (Wildman–Crippen LogP) is 11.8. The van der Waals surface area contributed by atoms with E-state index in [0.717, 1.165) is 60.2 Å². The maximum Gasteiger partial charge on any atom is 0.164 e. The van der Waals surface area contributed by atoms with Crippen molar-refractivity contribution in [3.63, 3.8) is 0 Å². The van der Waals surface area contributed by atoms with Crippen LogP contribution < -0.4 is 0 Å². The van der Waals surface area contributed by atoms with Crippen LogP contribution in [-0.2, 0) is 0 Å². The van der Waals surface area contributed by atoms with Crippen LogP contribution in [-0.4, -0.2) is 19.5 Å². The largest absolute Gasteiger partial charge is 0.456 e. The van der Waals surface area contributed by atoms with Crippen LogP contribution in [0.25, 0.3) is 106 Å². The summed E-state index contributed by atoms with van der Waals surface area (Å²) in [6.45, 7) is 0. The highest BCUT2D eigenvalue weighted by molar-refractivity contribution is 6.25. The maximum absolute atomic E-state index is 8.67. The van der Waals surface area contributed by atoms with Gasteiger partial charge in [0, 0.05) is 43.6 Å². The van der Waals surface area contributed by atoms with Crippen molar-refractivity contribution in [2.45, 2.75) is 0 Å². The summed E-state index contributed by atoms with van der Waals surface area (Å²) in [7, 11) is 0. The second-order valence-electron chi connectivity index (χ2n) is 12.1. The molecule has 51 heavy (non-hydrogen) atoms. The minimum atomic E-state index is -0.619. The Hall–Kier alpha value is -7.05. The average Bonchev–Trinajstić information content (AvgIpc) is 3.95. The highest BCUT2D eigenvalue weighted by Gasteiger charge is 2.22. The Morgan fingerprint density at radius 1 is 0.471 bits per heavy atom. The van der Waals surface area contributed by atoms with E-state index in [9.17, 15) is 0 Å². The summed E-state index contributed by atoms with van der Waals surface area (Å²) < 4.78 is 99.5. The number of nitrogens with zero attached hydrogens (tertiary/aromatic N) is 4. The predicted molar refractivity (Wildman–Crippen MR) is 205 cm³/mol. The second kappa shape index (κ2) is 10.7. The van der Waals surface area contributed by atoms with Gasteiger partial charge in [-0.3, -0.25) is 0 Å². The first kappa shape index (κ1) is 19.8. The molecule has 7 aromatic carbocycles. The third-order valence-electron chi connectivity index (χ3n) is 9.23. The van der Waals surface area contributed by atoms with Gasteiger partial charge in [0.15, 0.2) is 23.1 Å². The minimum absolute atomic E-state index is 0.0576. The number of benzene rings is 7. The Balaban J connectivity index is 1.17. The summed E-state index contributed by atoms with van der Waals surface area (Å²) in [6.07, 6.45) is 0. The van der Waals surface area contributed by atoms with Gasteiger partial charge >= 0.3 is 0 Å². The van der Waals surface area contributed by atoms with Crippen LogP contribution >= 0.6 is 0 Å². The molecule has 6 heteroatoms. The average molecular weight is 665 g/mol. The molecule has 4 heterocycles. The fraction of sp³-hybridized carbons (Fsp3) is 0. The van der Waals surface area contributed by atoms with E-state index in [1.807, 2.05) is 60.7 Å². The molecule has 0 aliphatic rings. The van der Waals surface area contributed by atoms with Gasteiger partial charge in [-0.15, -0.1) is 0 Å². The van der Waals surface area contributed by atoms with E-state index >= 15 is 0 Å². The topological polar surface area (TPSA) is 69.9 Å². The summed E-state index contributed by atoms with van der Waals surface area (Å²) >= 11 is 0. The minimum Gasteiger partial charge on any atom is -0.456 e. The smallest absolute Gasteiger partial charge is 0.164 e. The van der Waals surface area contributed by atoms with Crippen LogP contribution in [0.5, 0.6) is 0 Å². The first-order valence-electron chi connectivity index (χ1n) is 21.1. The van der Waals surface area contributed by atoms with E-state index < -0.39 is 60.4 Å². The quantitative estimate of drug-likeness (QED) is 0.187. The van der Waals surface area contributed by atoms with Crippen LogP contribution in [0.3, 0.4) is 0 Å². The monoisotopic (exact) mass is 664 g/mol.